The van der Waals surface area contributed by atoms with Crippen molar-refractivity contribution in [3.05, 3.63) is 71.8 Å². The van der Waals surface area contributed by atoms with E-state index in [2.05, 4.69) is 5.32 Å². The van der Waals surface area contributed by atoms with E-state index >= 15 is 0 Å². The number of carbonyl (C=O) groups is 1. The first-order chi connectivity index (χ1) is 18.6. The number of urea groups is 1. The zero-order chi connectivity index (χ0) is 28.2. The lowest BCUT2D eigenvalue weighted by Gasteiger charge is -2.33. The van der Waals surface area contributed by atoms with Gasteiger partial charge >= 0.3 is 16.2 Å². The molecule has 6 N–H and O–H groups in total. The van der Waals surface area contributed by atoms with Crippen LogP contribution < -0.4 is 24.8 Å². The summed E-state index contributed by atoms with van der Waals surface area (Å²) in [5.41, 5.74) is 7.24. The fourth-order valence-corrected chi connectivity index (χ4v) is 5.62. The van der Waals surface area contributed by atoms with Crippen LogP contribution in [0, 0.1) is 10.8 Å². The highest BCUT2D eigenvalue weighted by Crippen LogP contribution is 2.27. The first-order valence-corrected chi connectivity index (χ1v) is 14.0. The lowest BCUT2D eigenvalue weighted by molar-refractivity contribution is 0.130. The number of rotatable bonds is 8. The number of amidine groups is 2. The molecule has 2 amide bonds. The van der Waals surface area contributed by atoms with Crippen molar-refractivity contribution in [1.82, 2.24) is 14.9 Å². The molecule has 1 aliphatic rings. The van der Waals surface area contributed by atoms with Gasteiger partial charge in [0.1, 0.15) is 17.7 Å². The maximum atomic E-state index is 13.3. The highest BCUT2D eigenvalue weighted by Gasteiger charge is 2.26. The second-order valence-corrected chi connectivity index (χ2v) is 11.0. The van der Waals surface area contributed by atoms with Crippen molar-refractivity contribution in [3.63, 3.8) is 0 Å². The van der Waals surface area contributed by atoms with Crippen molar-refractivity contribution in [3.8, 4) is 5.75 Å². The summed E-state index contributed by atoms with van der Waals surface area (Å²) in [5.74, 6) is 1.11. The Bertz CT molecular complexity index is 1480. The number of benzene rings is 3. The summed E-state index contributed by atoms with van der Waals surface area (Å²) in [6.45, 7) is 3.25. The number of nitrogen functional groups attached to an aromatic ring is 1. The number of amides is 2. The number of anilines is 1. The Morgan fingerprint density at radius 1 is 1.05 bits per heavy atom. The van der Waals surface area contributed by atoms with Gasteiger partial charge in [-0.3, -0.25) is 10.8 Å². The molecule has 1 aliphatic heterocycles. The van der Waals surface area contributed by atoms with Gasteiger partial charge in [0.25, 0.3) is 0 Å². The maximum absolute atomic E-state index is 13.3. The molecule has 3 aromatic rings. The molecule has 11 nitrogen and oxygen atoms in total. The van der Waals surface area contributed by atoms with Gasteiger partial charge in [-0.05, 0) is 59.7 Å². The predicted molar refractivity (Wildman–Crippen MR) is 153 cm³/mol. The van der Waals surface area contributed by atoms with E-state index in [1.165, 1.54) is 7.05 Å². The Hall–Kier alpha value is -4.32. The summed E-state index contributed by atoms with van der Waals surface area (Å²) < 4.78 is 35.8. The first-order valence-electron chi connectivity index (χ1n) is 12.5. The highest BCUT2D eigenvalue weighted by molar-refractivity contribution is 7.91. The molecule has 0 saturated carbocycles. The quantitative estimate of drug-likeness (QED) is 0.213. The molecule has 39 heavy (non-hydrogen) atoms. The average Bonchev–Trinajstić information content (AvgIpc) is 2.91. The zero-order valence-electron chi connectivity index (χ0n) is 21.9. The summed E-state index contributed by atoms with van der Waals surface area (Å²) >= 11 is 0. The van der Waals surface area contributed by atoms with Gasteiger partial charge in [0.2, 0.25) is 0 Å². The third kappa shape index (κ3) is 6.77. The minimum absolute atomic E-state index is 0.0127. The highest BCUT2D eigenvalue weighted by atomic mass is 32.2. The minimum Gasteiger partial charge on any atom is -0.490 e. The zero-order valence-corrected chi connectivity index (χ0v) is 22.7. The van der Waals surface area contributed by atoms with E-state index in [1.54, 1.807) is 43.3 Å². The van der Waals surface area contributed by atoms with Crippen LogP contribution in [0.4, 0.5) is 10.5 Å². The molecule has 0 aliphatic carbocycles. The van der Waals surface area contributed by atoms with Gasteiger partial charge in [0.15, 0.2) is 0 Å². The molecule has 0 atom stereocenters. The molecule has 0 aromatic heterocycles. The smallest absolute Gasteiger partial charge is 0.329 e. The number of nitrogens with zero attached hydrogens (tertiary/aromatic N) is 2. The summed E-state index contributed by atoms with van der Waals surface area (Å²) in [5, 5.41) is 19.5. The number of fused-ring (bicyclic) bond motifs is 1. The Morgan fingerprint density at radius 2 is 1.72 bits per heavy atom. The second kappa shape index (κ2) is 11.6. The van der Waals surface area contributed by atoms with Crippen LogP contribution in [0.15, 0.2) is 60.7 Å². The summed E-state index contributed by atoms with van der Waals surface area (Å²) in [7, 11) is -2.92. The van der Waals surface area contributed by atoms with Crippen molar-refractivity contribution in [2.24, 2.45) is 5.73 Å². The lowest BCUT2D eigenvalue weighted by atomic mass is 10.0. The van der Waals surface area contributed by atoms with Crippen molar-refractivity contribution in [2.75, 3.05) is 24.4 Å². The van der Waals surface area contributed by atoms with E-state index in [1.807, 2.05) is 33.9 Å². The molecule has 206 valence electrons. The van der Waals surface area contributed by atoms with Gasteiger partial charge in [0, 0.05) is 38.5 Å². The molecule has 1 saturated heterocycles. The number of carbonyl (C=O) groups excluding carboxylic acids is 1. The third-order valence-corrected chi connectivity index (χ3v) is 7.99. The number of nitrogens with one attached hydrogen (secondary N) is 4. The second-order valence-electron chi connectivity index (χ2n) is 9.39. The van der Waals surface area contributed by atoms with Gasteiger partial charge in [-0.2, -0.15) is 8.42 Å². The minimum atomic E-state index is -4.26. The number of nitrogens with two attached hydrogens (primary N) is 1. The molecular weight excluding hydrogens is 518 g/mol. The van der Waals surface area contributed by atoms with E-state index in [0.717, 1.165) is 41.0 Å². The van der Waals surface area contributed by atoms with Gasteiger partial charge in [-0.15, -0.1) is 0 Å². The molecule has 1 heterocycles. The summed E-state index contributed by atoms with van der Waals surface area (Å²) in [6.07, 6.45) is 1.60. The Morgan fingerprint density at radius 3 is 2.33 bits per heavy atom. The largest absolute Gasteiger partial charge is 0.490 e. The molecule has 3 aromatic carbocycles. The normalized spacial score (nSPS) is 14.1. The van der Waals surface area contributed by atoms with Crippen LogP contribution in [0.25, 0.3) is 10.8 Å². The van der Waals surface area contributed by atoms with Crippen LogP contribution in [0.2, 0.25) is 0 Å². The van der Waals surface area contributed by atoms with Crippen molar-refractivity contribution in [2.45, 2.75) is 32.4 Å². The fourth-order valence-electron chi connectivity index (χ4n) is 4.46. The molecule has 1 fully saturated rings. The lowest BCUT2D eigenvalue weighted by Crippen LogP contribution is -2.46. The van der Waals surface area contributed by atoms with Crippen LogP contribution in [0.1, 0.15) is 30.9 Å². The van der Waals surface area contributed by atoms with Crippen molar-refractivity contribution < 1.29 is 17.9 Å². The van der Waals surface area contributed by atoms with Crippen molar-refractivity contribution in [1.29, 1.82) is 10.8 Å². The van der Waals surface area contributed by atoms with Crippen LogP contribution in [0.5, 0.6) is 5.75 Å². The average molecular weight is 552 g/mol. The van der Waals surface area contributed by atoms with E-state index in [9.17, 15) is 13.2 Å². The van der Waals surface area contributed by atoms with Crippen LogP contribution >= 0.6 is 0 Å². The maximum Gasteiger partial charge on any atom is 0.329 e. The number of likely N-dealkylation sites (tertiary alicyclic amines) is 1. The molecule has 4 rings (SSSR count). The van der Waals surface area contributed by atoms with Gasteiger partial charge in [0.05, 0.1) is 18.1 Å². The number of ether oxygens (including phenoxy) is 1. The van der Waals surface area contributed by atoms with Crippen molar-refractivity contribution >= 4 is 44.4 Å². The van der Waals surface area contributed by atoms with Gasteiger partial charge in [-0.25, -0.2) is 13.8 Å². The van der Waals surface area contributed by atoms with E-state index in [0.29, 0.717) is 28.4 Å². The molecule has 0 spiro atoms. The molecule has 0 bridgehead atoms. The SMILES string of the molecule is CNC(=O)NS(=O)(=O)N(Cc1ccc2ccc(C(=N)N)cc2c1)c1ccc(OC2CCN(C(C)=N)CC2)cc1. The van der Waals surface area contributed by atoms with Crippen LogP contribution in [0.3, 0.4) is 0 Å². The Labute approximate surface area is 228 Å². The molecular formula is C27H33N7O4S. The standard InChI is InChI=1S/C27H33N7O4S/c1-18(28)33-13-11-25(12-14-33)38-24-9-7-23(8-10-24)34(39(36,37)32-27(35)31-2)17-19-3-4-20-5-6-21(26(29)30)16-22(20)15-19/h3-10,15-16,25,28H,11-14,17H2,1-2H3,(H3,29,30)(H2,31,32,35). The third-order valence-electron chi connectivity index (χ3n) is 6.62. The van der Waals surface area contributed by atoms with Crippen LogP contribution in [-0.4, -0.2) is 57.3 Å². The number of hydrogen-bond donors (Lipinski definition) is 5. The predicted octanol–water partition coefficient (Wildman–Crippen LogP) is 3.14. The van der Waals surface area contributed by atoms with E-state index < -0.39 is 16.2 Å². The molecule has 0 unspecified atom stereocenters. The fraction of sp³-hybridized carbons (Fsp3) is 0.296. The summed E-state index contributed by atoms with van der Waals surface area (Å²) in [4.78, 5) is 13.9. The van der Waals surface area contributed by atoms with Gasteiger partial charge < -0.3 is 20.7 Å². The monoisotopic (exact) mass is 551 g/mol. The number of hydrogen-bond acceptors (Lipinski definition) is 6. The van der Waals surface area contributed by atoms with Crippen LogP contribution in [-0.2, 0) is 16.8 Å². The number of piperidine rings is 1. The molecule has 0 radical (unpaired) electrons. The van der Waals surface area contributed by atoms with E-state index in [4.69, 9.17) is 21.3 Å². The first kappa shape index (κ1) is 27.7. The Balaban J connectivity index is 1.58. The van der Waals surface area contributed by atoms with Gasteiger partial charge in [-0.1, -0.05) is 24.3 Å². The summed E-state index contributed by atoms with van der Waals surface area (Å²) in [6, 6.07) is 16.8. The molecule has 12 heteroatoms. The Kier molecular flexibility index (Phi) is 8.24. The topological polar surface area (TPSA) is 165 Å². The van der Waals surface area contributed by atoms with E-state index in [-0.39, 0.29) is 18.5 Å².